The van der Waals surface area contributed by atoms with Gasteiger partial charge in [0.1, 0.15) is 5.75 Å². The van der Waals surface area contributed by atoms with Crippen molar-refractivity contribution in [3.8, 4) is 5.75 Å². The summed E-state index contributed by atoms with van der Waals surface area (Å²) in [6.45, 7) is 1.15. The molecule has 2 amide bonds. The summed E-state index contributed by atoms with van der Waals surface area (Å²) in [5.41, 5.74) is 0.686. The number of carboxylic acids is 1. The molecule has 1 heterocycles. The zero-order valence-corrected chi connectivity index (χ0v) is 11.5. The van der Waals surface area contributed by atoms with Crippen LogP contribution in [0.25, 0.3) is 0 Å². The average Bonchev–Trinajstić information content (AvgIpc) is 2.69. The SMILES string of the molecule is O=C(O)C(O)CCNC(=O)N1CCCOc2ccccc21. The number of carbonyl (C=O) groups is 2. The molecule has 0 radical (unpaired) electrons. The minimum Gasteiger partial charge on any atom is -0.491 e. The minimum atomic E-state index is -1.47. The number of nitrogens with zero attached hydrogens (tertiary/aromatic N) is 1. The normalized spacial score (nSPS) is 15.4. The maximum absolute atomic E-state index is 12.2. The Bertz CT molecular complexity index is 520. The number of benzene rings is 1. The predicted octanol–water partition coefficient (Wildman–Crippen LogP) is 0.821. The number of para-hydroxylation sites is 2. The molecule has 7 nitrogen and oxygen atoms in total. The van der Waals surface area contributed by atoms with Gasteiger partial charge in [-0.1, -0.05) is 12.1 Å². The maximum atomic E-state index is 12.2. The highest BCUT2D eigenvalue weighted by Crippen LogP contribution is 2.30. The molecule has 0 spiro atoms. The summed E-state index contributed by atoms with van der Waals surface area (Å²) in [7, 11) is 0. The molecule has 1 aromatic carbocycles. The van der Waals surface area contributed by atoms with Gasteiger partial charge in [-0.2, -0.15) is 0 Å². The zero-order chi connectivity index (χ0) is 15.2. The van der Waals surface area contributed by atoms with Crippen LogP contribution in [0.1, 0.15) is 12.8 Å². The van der Waals surface area contributed by atoms with E-state index >= 15 is 0 Å². The molecular formula is C14H18N2O5. The van der Waals surface area contributed by atoms with E-state index < -0.39 is 12.1 Å². The summed E-state index contributed by atoms with van der Waals surface area (Å²) in [6, 6.07) is 6.93. The van der Waals surface area contributed by atoms with E-state index in [0.29, 0.717) is 31.0 Å². The van der Waals surface area contributed by atoms with Gasteiger partial charge in [0.2, 0.25) is 0 Å². The molecule has 3 N–H and O–H groups in total. The molecule has 0 fully saturated rings. The minimum absolute atomic E-state index is 0.0347. The Hall–Kier alpha value is -2.28. The Morgan fingerprint density at radius 2 is 2.14 bits per heavy atom. The lowest BCUT2D eigenvalue weighted by atomic mass is 10.2. The van der Waals surface area contributed by atoms with Crippen molar-refractivity contribution in [1.29, 1.82) is 0 Å². The zero-order valence-electron chi connectivity index (χ0n) is 11.5. The second-order valence-electron chi connectivity index (χ2n) is 4.70. The van der Waals surface area contributed by atoms with Gasteiger partial charge in [-0.15, -0.1) is 0 Å². The van der Waals surface area contributed by atoms with Crippen molar-refractivity contribution in [3.63, 3.8) is 0 Å². The number of urea groups is 1. The van der Waals surface area contributed by atoms with Crippen LogP contribution in [-0.2, 0) is 4.79 Å². The third kappa shape index (κ3) is 3.85. The van der Waals surface area contributed by atoms with E-state index in [1.54, 1.807) is 17.0 Å². The van der Waals surface area contributed by atoms with E-state index in [0.717, 1.165) is 0 Å². The number of ether oxygens (including phenoxy) is 1. The van der Waals surface area contributed by atoms with Gasteiger partial charge in [-0.25, -0.2) is 9.59 Å². The van der Waals surface area contributed by atoms with Crippen LogP contribution in [0.5, 0.6) is 5.75 Å². The van der Waals surface area contributed by atoms with Crippen molar-refractivity contribution < 1.29 is 24.5 Å². The fraction of sp³-hybridized carbons (Fsp3) is 0.429. The second-order valence-corrected chi connectivity index (χ2v) is 4.70. The van der Waals surface area contributed by atoms with Gasteiger partial charge in [0, 0.05) is 19.5 Å². The number of amides is 2. The number of aliphatic carboxylic acids is 1. The van der Waals surface area contributed by atoms with Crippen LogP contribution in [0.2, 0.25) is 0 Å². The van der Waals surface area contributed by atoms with Crippen molar-refractivity contribution >= 4 is 17.7 Å². The van der Waals surface area contributed by atoms with Gasteiger partial charge in [-0.05, 0) is 18.6 Å². The Kier molecular flexibility index (Phi) is 4.99. The van der Waals surface area contributed by atoms with Gasteiger partial charge in [-0.3, -0.25) is 4.90 Å². The monoisotopic (exact) mass is 294 g/mol. The topological polar surface area (TPSA) is 99.1 Å². The average molecular weight is 294 g/mol. The number of hydrogen-bond acceptors (Lipinski definition) is 4. The molecule has 7 heteroatoms. The molecule has 0 saturated heterocycles. The van der Waals surface area contributed by atoms with E-state index in [1.165, 1.54) is 0 Å². The Balaban J connectivity index is 1.97. The maximum Gasteiger partial charge on any atom is 0.332 e. The van der Waals surface area contributed by atoms with Crippen molar-refractivity contribution in [3.05, 3.63) is 24.3 Å². The Labute approximate surface area is 122 Å². The number of anilines is 1. The van der Waals surface area contributed by atoms with Gasteiger partial charge in [0.25, 0.3) is 0 Å². The molecule has 1 aromatic rings. The van der Waals surface area contributed by atoms with E-state index in [2.05, 4.69) is 5.32 Å². The number of hydrogen-bond donors (Lipinski definition) is 3. The first-order valence-electron chi connectivity index (χ1n) is 6.77. The summed E-state index contributed by atoms with van der Waals surface area (Å²) < 4.78 is 5.56. The largest absolute Gasteiger partial charge is 0.491 e. The van der Waals surface area contributed by atoms with Crippen molar-refractivity contribution in [2.45, 2.75) is 18.9 Å². The smallest absolute Gasteiger partial charge is 0.332 e. The number of carboxylic acid groups (broad SMARTS) is 1. The highest BCUT2D eigenvalue weighted by Gasteiger charge is 2.22. The van der Waals surface area contributed by atoms with Gasteiger partial charge >= 0.3 is 12.0 Å². The molecule has 0 bridgehead atoms. The molecule has 0 aliphatic carbocycles. The molecule has 1 aliphatic rings. The first kappa shape index (κ1) is 15.1. The third-order valence-corrected chi connectivity index (χ3v) is 3.16. The molecule has 0 aromatic heterocycles. The van der Waals surface area contributed by atoms with Crippen LogP contribution in [0.15, 0.2) is 24.3 Å². The molecule has 1 unspecified atom stereocenters. The Morgan fingerprint density at radius 3 is 2.90 bits per heavy atom. The van der Waals surface area contributed by atoms with Crippen LogP contribution in [0.4, 0.5) is 10.5 Å². The number of aliphatic hydroxyl groups excluding tert-OH is 1. The number of nitrogens with one attached hydrogen (secondary N) is 1. The van der Waals surface area contributed by atoms with E-state index in [-0.39, 0.29) is 19.0 Å². The summed E-state index contributed by atoms with van der Waals surface area (Å²) in [5, 5.41) is 20.4. The standard InChI is InChI=1S/C14H18N2O5/c17-11(13(18)19)6-7-15-14(20)16-8-3-9-21-12-5-2-1-4-10(12)16/h1-2,4-5,11,17H,3,6-9H2,(H,15,20)(H,18,19). The summed E-state index contributed by atoms with van der Waals surface area (Å²) in [6.07, 6.45) is -0.794. The van der Waals surface area contributed by atoms with Crippen LogP contribution < -0.4 is 15.0 Å². The lowest BCUT2D eigenvalue weighted by Gasteiger charge is -2.22. The fourth-order valence-electron chi connectivity index (χ4n) is 2.07. The first-order chi connectivity index (χ1) is 10.1. The quantitative estimate of drug-likeness (QED) is 0.763. The highest BCUT2D eigenvalue weighted by molar-refractivity contribution is 5.93. The van der Waals surface area contributed by atoms with Crippen LogP contribution in [0.3, 0.4) is 0 Å². The van der Waals surface area contributed by atoms with E-state index in [9.17, 15) is 9.59 Å². The van der Waals surface area contributed by atoms with Crippen LogP contribution >= 0.6 is 0 Å². The lowest BCUT2D eigenvalue weighted by molar-refractivity contribution is -0.146. The predicted molar refractivity (Wildman–Crippen MR) is 75.6 cm³/mol. The van der Waals surface area contributed by atoms with Crippen LogP contribution in [-0.4, -0.2) is 48.0 Å². The Morgan fingerprint density at radius 1 is 1.38 bits per heavy atom. The molecule has 2 rings (SSSR count). The van der Waals surface area contributed by atoms with Gasteiger partial charge in [0.15, 0.2) is 6.10 Å². The summed E-state index contributed by atoms with van der Waals surface area (Å²) in [5.74, 6) is -0.645. The van der Waals surface area contributed by atoms with Crippen molar-refractivity contribution in [2.24, 2.45) is 0 Å². The van der Waals surface area contributed by atoms with Crippen LogP contribution in [0, 0.1) is 0 Å². The number of aliphatic hydroxyl groups is 1. The fourth-order valence-corrected chi connectivity index (χ4v) is 2.07. The third-order valence-electron chi connectivity index (χ3n) is 3.16. The molecule has 0 saturated carbocycles. The molecular weight excluding hydrogens is 276 g/mol. The number of rotatable bonds is 4. The van der Waals surface area contributed by atoms with Gasteiger partial charge in [0.05, 0.1) is 12.3 Å². The van der Waals surface area contributed by atoms with E-state index in [1.807, 2.05) is 12.1 Å². The first-order valence-corrected chi connectivity index (χ1v) is 6.77. The number of carbonyl (C=O) groups excluding carboxylic acids is 1. The molecule has 1 atom stereocenters. The second kappa shape index (κ2) is 6.94. The number of fused-ring (bicyclic) bond motifs is 1. The molecule has 1 aliphatic heterocycles. The summed E-state index contributed by atoms with van der Waals surface area (Å²) >= 11 is 0. The van der Waals surface area contributed by atoms with Gasteiger partial charge < -0.3 is 20.3 Å². The van der Waals surface area contributed by atoms with E-state index in [4.69, 9.17) is 14.9 Å². The lowest BCUT2D eigenvalue weighted by Crippen LogP contribution is -2.41. The molecule has 114 valence electrons. The van der Waals surface area contributed by atoms with Crippen molar-refractivity contribution in [1.82, 2.24) is 5.32 Å². The summed E-state index contributed by atoms with van der Waals surface area (Å²) in [4.78, 5) is 24.3. The van der Waals surface area contributed by atoms with Crippen molar-refractivity contribution in [2.75, 3.05) is 24.6 Å². The molecule has 21 heavy (non-hydrogen) atoms. The highest BCUT2D eigenvalue weighted by atomic mass is 16.5.